The second-order valence-corrected chi connectivity index (χ2v) is 8.26. The van der Waals surface area contributed by atoms with E-state index in [1.54, 1.807) is 25.4 Å². The van der Waals surface area contributed by atoms with Crippen LogP contribution < -0.4 is 5.56 Å². The van der Waals surface area contributed by atoms with Gasteiger partial charge in [0.2, 0.25) is 0 Å². The lowest BCUT2D eigenvalue weighted by atomic mass is 9.82. The molecule has 3 aromatic rings. The molecule has 0 aliphatic carbocycles. The van der Waals surface area contributed by atoms with Crippen molar-refractivity contribution in [3.63, 3.8) is 0 Å². The highest BCUT2D eigenvalue weighted by molar-refractivity contribution is 6.34. The molecule has 7 nitrogen and oxygen atoms in total. The van der Waals surface area contributed by atoms with Crippen LogP contribution in [0.3, 0.4) is 0 Å². The highest BCUT2D eigenvalue weighted by Gasteiger charge is 2.38. The number of aryl methyl sites for hydroxylation is 1. The smallest absolute Gasteiger partial charge is 0.275 e. The third-order valence-corrected chi connectivity index (χ3v) is 6.38. The van der Waals surface area contributed by atoms with E-state index in [1.807, 2.05) is 21.6 Å². The lowest BCUT2D eigenvalue weighted by molar-refractivity contribution is 0.0589. The minimum atomic E-state index is -0.159. The monoisotopic (exact) mass is 409 g/mol. The van der Waals surface area contributed by atoms with Crippen LogP contribution in [0.2, 0.25) is 5.02 Å². The summed E-state index contributed by atoms with van der Waals surface area (Å²) in [6, 6.07) is 7.55. The first kappa shape index (κ1) is 18.1. The number of nitrogens with zero attached hydrogens (tertiary/aromatic N) is 4. The number of fused-ring (bicyclic) bond motifs is 4. The molecule has 29 heavy (non-hydrogen) atoms. The number of aromatic amines is 1. The summed E-state index contributed by atoms with van der Waals surface area (Å²) in [6.45, 7) is 3.57. The van der Waals surface area contributed by atoms with Gasteiger partial charge in [0, 0.05) is 55.3 Å². The van der Waals surface area contributed by atoms with Gasteiger partial charge < -0.3 is 9.47 Å². The van der Waals surface area contributed by atoms with Crippen molar-refractivity contribution in [3.05, 3.63) is 69.1 Å². The maximum atomic E-state index is 13.0. The Balaban J connectivity index is 1.49. The summed E-state index contributed by atoms with van der Waals surface area (Å²) in [5.41, 5.74) is 3.71. The van der Waals surface area contributed by atoms with Gasteiger partial charge in [-0.25, -0.2) is 0 Å². The Kier molecular flexibility index (Phi) is 4.28. The summed E-state index contributed by atoms with van der Waals surface area (Å²) in [7, 11) is 0. The van der Waals surface area contributed by atoms with Gasteiger partial charge >= 0.3 is 0 Å². The fraction of sp³-hybridized carbons (Fsp3) is 0.333. The maximum absolute atomic E-state index is 13.0. The molecule has 148 valence electrons. The Morgan fingerprint density at radius 1 is 1.24 bits per heavy atom. The third-order valence-electron chi connectivity index (χ3n) is 5.91. The Labute approximate surface area is 172 Å². The summed E-state index contributed by atoms with van der Waals surface area (Å²) in [5.74, 6) is 0.189. The summed E-state index contributed by atoms with van der Waals surface area (Å²) in [6.07, 6.45) is 4.44. The number of piperidine rings is 1. The van der Waals surface area contributed by atoms with Gasteiger partial charge in [-0.1, -0.05) is 17.7 Å². The number of hydrogen-bond donors (Lipinski definition) is 1. The van der Waals surface area contributed by atoms with Gasteiger partial charge in [-0.2, -0.15) is 5.10 Å². The van der Waals surface area contributed by atoms with Crippen molar-refractivity contribution in [1.82, 2.24) is 24.6 Å². The zero-order chi connectivity index (χ0) is 20.1. The first-order valence-electron chi connectivity index (χ1n) is 9.66. The SMILES string of the molecule is Cc1[nH]nc(C(=O)N2C[C@@H]3C[C@H](C2)c2cc(-c4cccnc4)cc(=O)n2C3)c1Cl. The Morgan fingerprint density at radius 2 is 2.10 bits per heavy atom. The molecule has 5 rings (SSSR count). The van der Waals surface area contributed by atoms with E-state index in [4.69, 9.17) is 11.6 Å². The number of pyridine rings is 2. The molecule has 0 aromatic carbocycles. The normalized spacial score (nSPS) is 20.4. The van der Waals surface area contributed by atoms with Crippen LogP contribution >= 0.6 is 11.6 Å². The molecule has 2 aliphatic rings. The van der Waals surface area contributed by atoms with E-state index in [2.05, 4.69) is 21.2 Å². The molecule has 1 N–H and O–H groups in total. The Bertz CT molecular complexity index is 1150. The number of carbonyl (C=O) groups excluding carboxylic acids is 1. The van der Waals surface area contributed by atoms with Crippen LogP contribution in [0.4, 0.5) is 0 Å². The first-order chi connectivity index (χ1) is 14.0. The molecule has 8 heteroatoms. The number of halogens is 1. The van der Waals surface area contributed by atoms with Crippen LogP contribution in [0.1, 0.15) is 34.2 Å². The van der Waals surface area contributed by atoms with E-state index in [-0.39, 0.29) is 29.0 Å². The molecule has 1 fully saturated rings. The minimum absolute atomic E-state index is 0.00167. The minimum Gasteiger partial charge on any atom is -0.336 e. The average Bonchev–Trinajstić information content (AvgIpc) is 3.07. The van der Waals surface area contributed by atoms with Crippen molar-refractivity contribution < 1.29 is 4.79 Å². The van der Waals surface area contributed by atoms with Crippen molar-refractivity contribution in [1.29, 1.82) is 0 Å². The van der Waals surface area contributed by atoms with Crippen molar-refractivity contribution in [2.45, 2.75) is 25.8 Å². The molecular weight excluding hydrogens is 390 g/mol. The second-order valence-electron chi connectivity index (χ2n) is 7.88. The van der Waals surface area contributed by atoms with E-state index < -0.39 is 0 Å². The summed E-state index contributed by atoms with van der Waals surface area (Å²) >= 11 is 6.24. The van der Waals surface area contributed by atoms with Gasteiger partial charge in [-0.3, -0.25) is 19.7 Å². The number of carbonyl (C=O) groups is 1. The fourth-order valence-electron chi connectivity index (χ4n) is 4.53. The predicted molar refractivity (Wildman–Crippen MR) is 109 cm³/mol. The Hall–Kier alpha value is -2.93. The number of amides is 1. The van der Waals surface area contributed by atoms with Crippen LogP contribution in [0.25, 0.3) is 11.1 Å². The average molecular weight is 410 g/mol. The lowest BCUT2D eigenvalue weighted by Crippen LogP contribution is -2.49. The standard InChI is InChI=1S/C21H20ClN5O2/c1-12-19(22)20(25-24-12)21(29)26-9-13-5-16(11-26)17-6-15(7-18(28)27(17)10-13)14-3-2-4-23-8-14/h2-4,6-8,13,16H,5,9-11H2,1H3,(H,24,25)/t13-,16+/m0/s1. The van der Waals surface area contributed by atoms with Gasteiger partial charge in [0.25, 0.3) is 11.5 Å². The lowest BCUT2D eigenvalue weighted by Gasteiger charge is -2.42. The van der Waals surface area contributed by atoms with Crippen molar-refractivity contribution in [2.75, 3.05) is 13.1 Å². The molecule has 2 bridgehead atoms. The quantitative estimate of drug-likeness (QED) is 0.705. The number of likely N-dealkylation sites (tertiary alicyclic amines) is 1. The van der Waals surface area contributed by atoms with Gasteiger partial charge in [0.05, 0.1) is 10.7 Å². The van der Waals surface area contributed by atoms with E-state index in [1.165, 1.54) is 0 Å². The molecule has 1 amide bonds. The molecule has 2 aliphatic heterocycles. The molecule has 2 atom stereocenters. The largest absolute Gasteiger partial charge is 0.336 e. The third kappa shape index (κ3) is 3.06. The molecule has 0 unspecified atom stereocenters. The molecule has 3 aromatic heterocycles. The summed E-state index contributed by atoms with van der Waals surface area (Å²) in [5, 5.41) is 7.24. The van der Waals surface area contributed by atoms with Gasteiger partial charge in [-0.05, 0) is 37.0 Å². The molecule has 1 saturated heterocycles. The van der Waals surface area contributed by atoms with Crippen molar-refractivity contribution >= 4 is 17.5 Å². The fourth-order valence-corrected chi connectivity index (χ4v) is 4.70. The number of H-pyrrole nitrogens is 1. The summed E-state index contributed by atoms with van der Waals surface area (Å²) in [4.78, 5) is 31.8. The van der Waals surface area contributed by atoms with E-state index >= 15 is 0 Å². The molecule has 0 spiro atoms. The topological polar surface area (TPSA) is 83.9 Å². The zero-order valence-electron chi connectivity index (χ0n) is 15.9. The van der Waals surface area contributed by atoms with Gasteiger partial charge in [0.1, 0.15) is 0 Å². The predicted octanol–water partition coefficient (Wildman–Crippen LogP) is 2.85. The van der Waals surface area contributed by atoms with Crippen LogP contribution in [0, 0.1) is 12.8 Å². The molecule has 5 heterocycles. The van der Waals surface area contributed by atoms with Crippen LogP contribution in [0.5, 0.6) is 0 Å². The summed E-state index contributed by atoms with van der Waals surface area (Å²) < 4.78 is 1.87. The van der Waals surface area contributed by atoms with E-state index in [9.17, 15) is 9.59 Å². The van der Waals surface area contributed by atoms with Gasteiger partial charge in [0.15, 0.2) is 5.69 Å². The number of aromatic nitrogens is 4. The van der Waals surface area contributed by atoms with Crippen LogP contribution in [-0.4, -0.2) is 43.6 Å². The zero-order valence-corrected chi connectivity index (χ0v) is 16.7. The van der Waals surface area contributed by atoms with Crippen molar-refractivity contribution in [2.24, 2.45) is 5.92 Å². The Morgan fingerprint density at radius 3 is 2.83 bits per heavy atom. The highest BCUT2D eigenvalue weighted by Crippen LogP contribution is 2.37. The molecular formula is C21H20ClN5O2. The number of hydrogen-bond acceptors (Lipinski definition) is 4. The van der Waals surface area contributed by atoms with Crippen LogP contribution in [-0.2, 0) is 6.54 Å². The van der Waals surface area contributed by atoms with Gasteiger partial charge in [-0.15, -0.1) is 0 Å². The maximum Gasteiger partial charge on any atom is 0.275 e. The van der Waals surface area contributed by atoms with Crippen LogP contribution in [0.15, 0.2) is 41.5 Å². The molecule has 0 saturated carbocycles. The first-order valence-corrected chi connectivity index (χ1v) is 10.0. The number of rotatable bonds is 2. The second kappa shape index (κ2) is 6.84. The van der Waals surface area contributed by atoms with E-state index in [0.717, 1.165) is 23.2 Å². The number of nitrogens with one attached hydrogen (secondary N) is 1. The highest BCUT2D eigenvalue weighted by atomic mass is 35.5. The van der Waals surface area contributed by atoms with Crippen molar-refractivity contribution in [3.8, 4) is 11.1 Å². The van der Waals surface area contributed by atoms with E-state index in [0.29, 0.717) is 30.4 Å². The molecule has 0 radical (unpaired) electrons.